The normalized spacial score (nSPS) is 14.8. The highest BCUT2D eigenvalue weighted by atomic mass is 35.5. The van der Waals surface area contributed by atoms with Gasteiger partial charge in [0.05, 0.1) is 6.61 Å². The number of rotatable bonds is 5. The minimum atomic E-state index is -0.314. The Labute approximate surface area is 101 Å². The molecule has 0 saturated heterocycles. The fraction of sp³-hybridized carbons (Fsp3) is 0.500. The van der Waals surface area contributed by atoms with E-state index < -0.39 is 0 Å². The predicted octanol–water partition coefficient (Wildman–Crippen LogP) is 3.16. The van der Waals surface area contributed by atoms with Crippen LogP contribution in [0.4, 0.5) is 4.39 Å². The summed E-state index contributed by atoms with van der Waals surface area (Å²) in [5.74, 6) is -0.314. The van der Waals surface area contributed by atoms with E-state index in [0.29, 0.717) is 11.6 Å². The van der Waals surface area contributed by atoms with Gasteiger partial charge in [0, 0.05) is 24.2 Å². The largest absolute Gasteiger partial charge is 0.383 e. The summed E-state index contributed by atoms with van der Waals surface area (Å²) in [5, 5.41) is 3.77. The molecule has 0 fully saturated rings. The molecule has 2 nitrogen and oxygen atoms in total. The van der Waals surface area contributed by atoms with Gasteiger partial charge < -0.3 is 10.1 Å². The first-order valence-corrected chi connectivity index (χ1v) is 5.62. The highest BCUT2D eigenvalue weighted by molar-refractivity contribution is 6.31. The molecule has 4 heteroatoms. The van der Waals surface area contributed by atoms with Crippen molar-refractivity contribution in [2.45, 2.75) is 25.9 Å². The number of hydrogen-bond donors (Lipinski definition) is 1. The van der Waals surface area contributed by atoms with Crippen LogP contribution in [0.2, 0.25) is 5.02 Å². The maximum atomic E-state index is 12.9. The summed E-state index contributed by atoms with van der Waals surface area (Å²) < 4.78 is 17.9. The number of hydrogen-bond acceptors (Lipinski definition) is 2. The quantitative estimate of drug-likeness (QED) is 0.861. The first-order valence-electron chi connectivity index (χ1n) is 5.24. The second kappa shape index (κ2) is 6.18. The predicted molar refractivity (Wildman–Crippen MR) is 64.3 cm³/mol. The van der Waals surface area contributed by atoms with Crippen molar-refractivity contribution in [3.8, 4) is 0 Å². The fourth-order valence-electron chi connectivity index (χ4n) is 1.67. The van der Waals surface area contributed by atoms with Gasteiger partial charge in [-0.1, -0.05) is 17.7 Å². The molecule has 0 heterocycles. The van der Waals surface area contributed by atoms with Crippen LogP contribution in [0.25, 0.3) is 0 Å². The van der Waals surface area contributed by atoms with Crippen LogP contribution in [0.3, 0.4) is 0 Å². The molecule has 1 aromatic rings. The lowest BCUT2D eigenvalue weighted by Crippen LogP contribution is -2.32. The summed E-state index contributed by atoms with van der Waals surface area (Å²) in [4.78, 5) is 0. The van der Waals surface area contributed by atoms with E-state index in [2.05, 4.69) is 5.32 Å². The summed E-state index contributed by atoms with van der Waals surface area (Å²) in [6.07, 6.45) is 0. The zero-order valence-electron chi connectivity index (χ0n) is 9.76. The highest BCUT2D eigenvalue weighted by Gasteiger charge is 2.12. The molecule has 2 unspecified atom stereocenters. The monoisotopic (exact) mass is 245 g/mol. The molecule has 1 rings (SSSR count). The molecule has 0 radical (unpaired) electrons. The van der Waals surface area contributed by atoms with Gasteiger partial charge in [0.15, 0.2) is 0 Å². The maximum absolute atomic E-state index is 12.9. The van der Waals surface area contributed by atoms with Crippen molar-refractivity contribution in [3.63, 3.8) is 0 Å². The Hall–Kier alpha value is -0.640. The molecule has 16 heavy (non-hydrogen) atoms. The molecule has 0 saturated carbocycles. The minimum Gasteiger partial charge on any atom is -0.383 e. The lowest BCUT2D eigenvalue weighted by molar-refractivity contribution is 0.168. The van der Waals surface area contributed by atoms with E-state index in [4.69, 9.17) is 16.3 Å². The fourth-order valence-corrected chi connectivity index (χ4v) is 2.00. The lowest BCUT2D eigenvalue weighted by Gasteiger charge is -2.20. The van der Waals surface area contributed by atoms with Crippen LogP contribution in [-0.4, -0.2) is 19.8 Å². The zero-order chi connectivity index (χ0) is 12.1. The van der Waals surface area contributed by atoms with Crippen molar-refractivity contribution < 1.29 is 9.13 Å². The molecule has 0 aliphatic heterocycles. The van der Waals surface area contributed by atoms with E-state index in [1.807, 2.05) is 13.8 Å². The molecular formula is C12H17ClFNO. The number of ether oxygens (including phenoxy) is 1. The van der Waals surface area contributed by atoms with E-state index in [1.165, 1.54) is 12.1 Å². The van der Waals surface area contributed by atoms with E-state index in [1.54, 1.807) is 13.2 Å². The lowest BCUT2D eigenvalue weighted by atomic mass is 10.1. The average Bonchev–Trinajstić information content (AvgIpc) is 2.17. The van der Waals surface area contributed by atoms with Crippen LogP contribution < -0.4 is 5.32 Å². The van der Waals surface area contributed by atoms with Crippen molar-refractivity contribution in [2.75, 3.05) is 13.7 Å². The van der Waals surface area contributed by atoms with E-state index in [-0.39, 0.29) is 17.9 Å². The van der Waals surface area contributed by atoms with Crippen LogP contribution in [0, 0.1) is 5.82 Å². The highest BCUT2D eigenvalue weighted by Crippen LogP contribution is 2.23. The van der Waals surface area contributed by atoms with Gasteiger partial charge in [-0.05, 0) is 31.5 Å². The molecule has 90 valence electrons. The maximum Gasteiger partial charge on any atom is 0.124 e. The summed E-state index contributed by atoms with van der Waals surface area (Å²) in [6.45, 7) is 4.64. The number of methoxy groups -OCH3 is 1. The second-order valence-corrected chi connectivity index (χ2v) is 4.32. The van der Waals surface area contributed by atoms with Crippen LogP contribution in [0.5, 0.6) is 0 Å². The third-order valence-corrected chi connectivity index (χ3v) is 2.71. The molecule has 0 aliphatic carbocycles. The van der Waals surface area contributed by atoms with Crippen LogP contribution in [0.1, 0.15) is 25.5 Å². The molecule has 1 N–H and O–H groups in total. The molecular weight excluding hydrogens is 229 g/mol. The van der Waals surface area contributed by atoms with Gasteiger partial charge in [-0.3, -0.25) is 0 Å². The van der Waals surface area contributed by atoms with Crippen LogP contribution >= 0.6 is 11.6 Å². The number of benzene rings is 1. The molecule has 0 spiro atoms. The molecule has 0 aliphatic rings. The SMILES string of the molecule is COCC(C)NC(C)c1ccc(F)cc1Cl. The topological polar surface area (TPSA) is 21.3 Å². The summed E-state index contributed by atoms with van der Waals surface area (Å²) in [6, 6.07) is 4.74. The number of nitrogens with one attached hydrogen (secondary N) is 1. The Morgan fingerprint density at radius 3 is 2.69 bits per heavy atom. The first kappa shape index (κ1) is 13.4. The molecule has 1 aromatic carbocycles. The van der Waals surface area contributed by atoms with Crippen LogP contribution in [0.15, 0.2) is 18.2 Å². The Kier molecular flexibility index (Phi) is 5.19. The van der Waals surface area contributed by atoms with E-state index in [0.717, 1.165) is 5.56 Å². The summed E-state index contributed by atoms with van der Waals surface area (Å²) in [5.41, 5.74) is 0.894. The summed E-state index contributed by atoms with van der Waals surface area (Å²) in [7, 11) is 1.66. The third-order valence-electron chi connectivity index (χ3n) is 2.38. The van der Waals surface area contributed by atoms with Gasteiger partial charge in [-0.25, -0.2) is 4.39 Å². The van der Waals surface area contributed by atoms with Gasteiger partial charge in [-0.2, -0.15) is 0 Å². The van der Waals surface area contributed by atoms with Crippen molar-refractivity contribution in [3.05, 3.63) is 34.6 Å². The standard InChI is InChI=1S/C12H17ClFNO/c1-8(7-16-3)15-9(2)11-5-4-10(14)6-12(11)13/h4-6,8-9,15H,7H2,1-3H3. The Morgan fingerprint density at radius 1 is 1.44 bits per heavy atom. The smallest absolute Gasteiger partial charge is 0.124 e. The van der Waals surface area contributed by atoms with E-state index in [9.17, 15) is 4.39 Å². The van der Waals surface area contributed by atoms with Crippen molar-refractivity contribution >= 4 is 11.6 Å². The average molecular weight is 246 g/mol. The number of halogens is 2. The van der Waals surface area contributed by atoms with Gasteiger partial charge in [0.1, 0.15) is 5.82 Å². The van der Waals surface area contributed by atoms with Crippen molar-refractivity contribution in [1.82, 2.24) is 5.32 Å². The minimum absolute atomic E-state index is 0.0678. The molecule has 2 atom stereocenters. The van der Waals surface area contributed by atoms with Gasteiger partial charge >= 0.3 is 0 Å². The Morgan fingerprint density at radius 2 is 2.12 bits per heavy atom. The van der Waals surface area contributed by atoms with Gasteiger partial charge in [-0.15, -0.1) is 0 Å². The third kappa shape index (κ3) is 3.74. The van der Waals surface area contributed by atoms with Gasteiger partial charge in [0.2, 0.25) is 0 Å². The zero-order valence-corrected chi connectivity index (χ0v) is 10.5. The van der Waals surface area contributed by atoms with Crippen molar-refractivity contribution in [2.24, 2.45) is 0 Å². The molecule has 0 bridgehead atoms. The first-order chi connectivity index (χ1) is 7.54. The van der Waals surface area contributed by atoms with Gasteiger partial charge in [0.25, 0.3) is 0 Å². The van der Waals surface area contributed by atoms with E-state index >= 15 is 0 Å². The summed E-state index contributed by atoms with van der Waals surface area (Å²) >= 11 is 5.97. The molecule has 0 amide bonds. The Bertz CT molecular complexity index is 346. The molecule has 0 aromatic heterocycles. The Balaban J connectivity index is 2.69. The second-order valence-electron chi connectivity index (χ2n) is 3.91. The van der Waals surface area contributed by atoms with Crippen LogP contribution in [-0.2, 0) is 4.74 Å². The van der Waals surface area contributed by atoms with Crippen molar-refractivity contribution in [1.29, 1.82) is 0 Å².